The summed E-state index contributed by atoms with van der Waals surface area (Å²) >= 11 is 5.43. The molecule has 0 spiro atoms. The van der Waals surface area contributed by atoms with Gasteiger partial charge in [0.05, 0.1) is 7.11 Å². The summed E-state index contributed by atoms with van der Waals surface area (Å²) in [6.45, 7) is 5.68. The SMILES string of the molecule is COC(=O)c1cc(Br)cc2c1[N+](C(=O)O)(C(C)(C)C)C=C2C1CCSCC1. The molecule has 3 rings (SSSR count). The Hall–Kier alpha value is -1.31. The van der Waals surface area contributed by atoms with Gasteiger partial charge in [0.25, 0.3) is 0 Å². The van der Waals surface area contributed by atoms with E-state index in [0.717, 1.165) is 40.0 Å². The van der Waals surface area contributed by atoms with E-state index in [4.69, 9.17) is 4.74 Å². The third-order valence-electron chi connectivity index (χ3n) is 5.50. The van der Waals surface area contributed by atoms with Gasteiger partial charge in [-0.15, -0.1) is 0 Å². The van der Waals surface area contributed by atoms with Crippen molar-refractivity contribution in [2.75, 3.05) is 18.6 Å². The number of esters is 1. The van der Waals surface area contributed by atoms with Crippen molar-refractivity contribution in [3.63, 3.8) is 0 Å². The molecule has 1 aromatic carbocycles. The Morgan fingerprint density at radius 3 is 2.41 bits per heavy atom. The van der Waals surface area contributed by atoms with E-state index in [1.165, 1.54) is 7.11 Å². The van der Waals surface area contributed by atoms with Crippen molar-refractivity contribution in [1.82, 2.24) is 4.48 Å². The maximum Gasteiger partial charge on any atom is 0.524 e. The van der Waals surface area contributed by atoms with Crippen molar-refractivity contribution < 1.29 is 19.4 Å². The highest BCUT2D eigenvalue weighted by Crippen LogP contribution is 2.52. The van der Waals surface area contributed by atoms with Crippen LogP contribution in [0.4, 0.5) is 10.5 Å². The first-order chi connectivity index (χ1) is 12.6. The molecule has 2 aliphatic rings. The van der Waals surface area contributed by atoms with E-state index in [1.807, 2.05) is 44.8 Å². The molecule has 1 N–H and O–H groups in total. The van der Waals surface area contributed by atoms with Gasteiger partial charge in [-0.2, -0.15) is 21.0 Å². The van der Waals surface area contributed by atoms with Gasteiger partial charge in [-0.05, 0) is 63.2 Å². The fourth-order valence-corrected chi connectivity index (χ4v) is 5.67. The number of ether oxygens (including phenoxy) is 1. The normalized spacial score (nSPS) is 22.9. The molecule has 0 radical (unpaired) electrons. The van der Waals surface area contributed by atoms with E-state index in [9.17, 15) is 14.7 Å². The van der Waals surface area contributed by atoms with Crippen LogP contribution in [0.15, 0.2) is 22.8 Å². The summed E-state index contributed by atoms with van der Waals surface area (Å²) in [5.74, 6) is 1.91. The third-order valence-corrected chi connectivity index (χ3v) is 7.00. The zero-order valence-electron chi connectivity index (χ0n) is 16.0. The number of thioether (sulfide) groups is 1. The molecule has 1 unspecified atom stereocenters. The summed E-state index contributed by atoms with van der Waals surface area (Å²) in [6.07, 6.45) is 2.91. The number of amides is 1. The summed E-state index contributed by atoms with van der Waals surface area (Å²) < 4.78 is 5.34. The molecule has 146 valence electrons. The summed E-state index contributed by atoms with van der Waals surface area (Å²) in [6, 6.07) is 3.61. The molecule has 1 saturated heterocycles. The number of carbonyl (C=O) groups excluding carboxylic acids is 1. The van der Waals surface area contributed by atoms with E-state index in [2.05, 4.69) is 15.9 Å². The molecule has 2 aliphatic heterocycles. The zero-order valence-corrected chi connectivity index (χ0v) is 18.4. The highest BCUT2D eigenvalue weighted by molar-refractivity contribution is 9.10. The molecule has 0 aromatic heterocycles. The predicted octanol–water partition coefficient (Wildman–Crippen LogP) is 5.52. The number of carbonyl (C=O) groups is 2. The number of fused-ring (bicyclic) bond motifs is 1. The second-order valence-corrected chi connectivity index (χ2v) is 10.1. The van der Waals surface area contributed by atoms with Crippen LogP contribution >= 0.6 is 27.7 Å². The molecule has 1 atom stereocenters. The quantitative estimate of drug-likeness (QED) is 0.470. The number of methoxy groups -OCH3 is 1. The molecule has 0 saturated carbocycles. The van der Waals surface area contributed by atoms with Crippen LogP contribution in [0.25, 0.3) is 5.57 Å². The number of nitrogens with zero attached hydrogens (tertiary/aromatic N) is 1. The number of benzene rings is 1. The van der Waals surface area contributed by atoms with Crippen molar-refractivity contribution in [2.24, 2.45) is 5.92 Å². The molecule has 1 amide bonds. The van der Waals surface area contributed by atoms with Crippen LogP contribution in [-0.2, 0) is 4.74 Å². The van der Waals surface area contributed by atoms with Crippen molar-refractivity contribution in [2.45, 2.75) is 39.2 Å². The average Bonchev–Trinajstić information content (AvgIpc) is 2.97. The molecule has 7 heteroatoms. The van der Waals surface area contributed by atoms with Gasteiger partial charge in [0.15, 0.2) is 5.69 Å². The van der Waals surface area contributed by atoms with Crippen LogP contribution in [0.2, 0.25) is 0 Å². The summed E-state index contributed by atoms with van der Waals surface area (Å²) in [7, 11) is 1.32. The van der Waals surface area contributed by atoms with Gasteiger partial charge in [-0.3, -0.25) is 0 Å². The number of hydrogen-bond donors (Lipinski definition) is 1. The van der Waals surface area contributed by atoms with Crippen molar-refractivity contribution >= 4 is 51.0 Å². The van der Waals surface area contributed by atoms with E-state index in [1.54, 1.807) is 6.07 Å². The molecule has 27 heavy (non-hydrogen) atoms. The number of rotatable bonds is 2. The van der Waals surface area contributed by atoms with Crippen molar-refractivity contribution in [3.8, 4) is 0 Å². The van der Waals surface area contributed by atoms with Crippen LogP contribution in [0.3, 0.4) is 0 Å². The molecule has 5 nitrogen and oxygen atoms in total. The van der Waals surface area contributed by atoms with Crippen LogP contribution in [0.1, 0.15) is 49.5 Å². The Kier molecular flexibility index (Phi) is 5.49. The Bertz CT molecular complexity index is 824. The highest BCUT2D eigenvalue weighted by atomic mass is 79.9. The fourth-order valence-electron chi connectivity index (χ4n) is 4.11. The lowest BCUT2D eigenvalue weighted by molar-refractivity contribution is 0.0598. The second kappa shape index (κ2) is 7.26. The molecular formula is C20H25BrNO4S+. The van der Waals surface area contributed by atoms with Gasteiger partial charge in [0, 0.05) is 15.6 Å². The van der Waals surface area contributed by atoms with E-state index < -0.39 is 22.1 Å². The minimum Gasteiger partial charge on any atom is -0.465 e. The number of halogens is 1. The second-order valence-electron chi connectivity index (χ2n) is 7.99. The number of carboxylic acid groups (broad SMARTS) is 1. The number of quaternary nitrogens is 1. The zero-order chi connectivity index (χ0) is 20.0. The Balaban J connectivity index is 2.36. The van der Waals surface area contributed by atoms with E-state index in [-0.39, 0.29) is 0 Å². The lowest BCUT2D eigenvalue weighted by Gasteiger charge is -2.38. The Morgan fingerprint density at radius 2 is 1.89 bits per heavy atom. The Labute approximate surface area is 172 Å². The van der Waals surface area contributed by atoms with Crippen LogP contribution < -0.4 is 4.48 Å². The maximum absolute atomic E-state index is 12.7. The van der Waals surface area contributed by atoms with Crippen molar-refractivity contribution in [3.05, 3.63) is 33.9 Å². The van der Waals surface area contributed by atoms with Crippen LogP contribution in [0, 0.1) is 5.92 Å². The van der Waals surface area contributed by atoms with Gasteiger partial charge in [-0.25, -0.2) is 4.79 Å². The van der Waals surface area contributed by atoms with Crippen LogP contribution in [-0.4, -0.2) is 41.3 Å². The summed E-state index contributed by atoms with van der Waals surface area (Å²) in [5, 5.41) is 10.4. The summed E-state index contributed by atoms with van der Waals surface area (Å²) in [5.41, 5.74) is 2.02. The van der Waals surface area contributed by atoms with Gasteiger partial charge in [-0.1, -0.05) is 15.9 Å². The molecule has 1 fully saturated rings. The minimum atomic E-state index is -0.989. The predicted molar refractivity (Wildman–Crippen MR) is 113 cm³/mol. The lowest BCUT2D eigenvalue weighted by atomic mass is 9.88. The van der Waals surface area contributed by atoms with Gasteiger partial charge in [0.1, 0.15) is 17.3 Å². The first-order valence-corrected chi connectivity index (χ1v) is 10.9. The largest absolute Gasteiger partial charge is 0.524 e. The van der Waals surface area contributed by atoms with E-state index in [0.29, 0.717) is 17.2 Å². The third kappa shape index (κ3) is 3.23. The molecule has 2 heterocycles. The highest BCUT2D eigenvalue weighted by Gasteiger charge is 2.57. The number of allylic oxidation sites excluding steroid dienone is 1. The van der Waals surface area contributed by atoms with Gasteiger partial charge < -0.3 is 9.84 Å². The molecular weight excluding hydrogens is 430 g/mol. The van der Waals surface area contributed by atoms with Crippen LogP contribution in [0.5, 0.6) is 0 Å². The van der Waals surface area contributed by atoms with Gasteiger partial charge >= 0.3 is 12.1 Å². The smallest absolute Gasteiger partial charge is 0.465 e. The monoisotopic (exact) mass is 454 g/mol. The molecule has 0 bridgehead atoms. The molecule has 0 aliphatic carbocycles. The average molecular weight is 455 g/mol. The topological polar surface area (TPSA) is 63.6 Å². The first-order valence-electron chi connectivity index (χ1n) is 8.99. The standard InChI is InChI=1S/C20H24BrNO4S/c1-20(2,3)22(19(24)25)11-16(12-5-7-27-8-6-12)14-9-13(21)10-15(17(14)22)18(23)26-4/h9-12H,5-8H2,1-4H3/p+1. The molecule has 1 aromatic rings. The minimum absolute atomic E-state index is 0.298. The fraction of sp³-hybridized carbons (Fsp3) is 0.500. The maximum atomic E-state index is 12.7. The van der Waals surface area contributed by atoms with Crippen molar-refractivity contribution in [1.29, 1.82) is 0 Å². The first kappa shape index (κ1) is 20.4. The lowest BCUT2D eigenvalue weighted by Crippen LogP contribution is -2.60. The number of hydrogen-bond acceptors (Lipinski definition) is 4. The van der Waals surface area contributed by atoms with Gasteiger partial charge in [0.2, 0.25) is 0 Å². The van der Waals surface area contributed by atoms with E-state index >= 15 is 0 Å². The Morgan fingerprint density at radius 1 is 1.26 bits per heavy atom. The summed E-state index contributed by atoms with van der Waals surface area (Å²) in [4.78, 5) is 25.2.